The van der Waals surface area contributed by atoms with Gasteiger partial charge >= 0.3 is 23.9 Å². The van der Waals surface area contributed by atoms with Crippen LogP contribution in [-0.4, -0.2) is 55.6 Å². The Morgan fingerprint density at radius 3 is 1.35 bits per heavy atom. The minimum absolute atomic E-state index is 0.136. The van der Waals surface area contributed by atoms with Crippen LogP contribution >= 0.6 is 0 Å². The highest BCUT2D eigenvalue weighted by atomic mass is 16.6. The number of Topliss-reactive ketones (excluding diaryl/α,β-unsaturated/α-hetero) is 1. The largest absolute Gasteiger partial charge is 0.466 e. The van der Waals surface area contributed by atoms with Crippen LogP contribution in [0.4, 0.5) is 0 Å². The molecule has 0 radical (unpaired) electrons. The Kier molecular flexibility index (Phi) is 27.9. The van der Waals surface area contributed by atoms with Crippen molar-refractivity contribution in [3.63, 3.8) is 0 Å². The van der Waals surface area contributed by atoms with E-state index in [2.05, 4.69) is 6.92 Å². The van der Waals surface area contributed by atoms with E-state index < -0.39 is 30.0 Å². The maximum absolute atomic E-state index is 12.1. The zero-order valence-electron chi connectivity index (χ0n) is 27.4. The minimum atomic E-state index is -0.909. The molecule has 0 rings (SSSR count). The Morgan fingerprint density at radius 1 is 0.419 bits per heavy atom. The number of hydrogen-bond donors (Lipinski definition) is 0. The van der Waals surface area contributed by atoms with E-state index in [1.807, 2.05) is 13.8 Å². The van der Waals surface area contributed by atoms with E-state index in [0.29, 0.717) is 32.1 Å². The molecule has 9 nitrogen and oxygen atoms in total. The average molecular weight is 613 g/mol. The molecule has 0 bridgehead atoms. The average Bonchev–Trinajstić information content (AvgIpc) is 2.98. The molecular weight excluding hydrogens is 552 g/mol. The summed E-state index contributed by atoms with van der Waals surface area (Å²) >= 11 is 0. The number of carbonyl (C=O) groups excluding carboxylic acids is 5. The number of ketones is 1. The fourth-order valence-corrected chi connectivity index (χ4v) is 4.48. The SMILES string of the molecule is CCCCCCCCCCCCCCCC(=O)CCCOC(=O)CCC(=O)OC[C@H](COC(=O)CCC)OC(=O)CCC. The predicted molar refractivity (Wildman–Crippen MR) is 166 cm³/mol. The number of unbranched alkanes of at least 4 members (excludes halogenated alkanes) is 12. The minimum Gasteiger partial charge on any atom is -0.466 e. The Balaban J connectivity index is 3.85. The monoisotopic (exact) mass is 612 g/mol. The normalized spacial score (nSPS) is 11.5. The summed E-state index contributed by atoms with van der Waals surface area (Å²) in [6.45, 7) is 5.57. The summed E-state index contributed by atoms with van der Waals surface area (Å²) < 4.78 is 20.6. The molecule has 0 fully saturated rings. The highest BCUT2D eigenvalue weighted by Gasteiger charge is 2.19. The first-order chi connectivity index (χ1) is 20.8. The van der Waals surface area contributed by atoms with Crippen LogP contribution in [0.3, 0.4) is 0 Å². The number of carbonyl (C=O) groups is 5. The maximum atomic E-state index is 12.1. The summed E-state index contributed by atoms with van der Waals surface area (Å²) in [7, 11) is 0. The van der Waals surface area contributed by atoms with Gasteiger partial charge in [-0.1, -0.05) is 97.8 Å². The fraction of sp³-hybridized carbons (Fsp3) is 0.853. The molecule has 0 amide bonds. The van der Waals surface area contributed by atoms with Gasteiger partial charge in [-0.05, 0) is 25.7 Å². The molecule has 0 heterocycles. The quantitative estimate of drug-likeness (QED) is 0.0455. The van der Waals surface area contributed by atoms with E-state index in [1.54, 1.807) is 0 Å². The third-order valence-corrected chi connectivity index (χ3v) is 7.02. The third kappa shape index (κ3) is 28.1. The zero-order chi connectivity index (χ0) is 32.0. The summed E-state index contributed by atoms with van der Waals surface area (Å²) in [5.74, 6) is -1.89. The summed E-state index contributed by atoms with van der Waals surface area (Å²) in [6, 6.07) is 0. The van der Waals surface area contributed by atoms with Crippen LogP contribution in [0, 0.1) is 0 Å². The molecule has 0 saturated heterocycles. The van der Waals surface area contributed by atoms with E-state index in [9.17, 15) is 24.0 Å². The molecule has 0 aliphatic rings. The molecule has 0 aliphatic heterocycles. The second kappa shape index (κ2) is 29.6. The molecule has 1 atom stereocenters. The maximum Gasteiger partial charge on any atom is 0.306 e. The van der Waals surface area contributed by atoms with Gasteiger partial charge in [-0.25, -0.2) is 0 Å². The van der Waals surface area contributed by atoms with Crippen molar-refractivity contribution in [3.8, 4) is 0 Å². The van der Waals surface area contributed by atoms with Gasteiger partial charge in [0.15, 0.2) is 6.10 Å². The molecule has 0 unspecified atom stereocenters. The molecular formula is C34H60O9. The summed E-state index contributed by atoms with van der Waals surface area (Å²) in [5.41, 5.74) is 0. The first-order valence-corrected chi connectivity index (χ1v) is 17.0. The lowest BCUT2D eigenvalue weighted by atomic mass is 10.0. The number of rotatable bonds is 30. The van der Waals surface area contributed by atoms with Crippen LogP contribution in [0.5, 0.6) is 0 Å². The van der Waals surface area contributed by atoms with Gasteiger partial charge in [0.2, 0.25) is 0 Å². The lowest BCUT2D eigenvalue weighted by Crippen LogP contribution is -2.31. The van der Waals surface area contributed by atoms with Crippen molar-refractivity contribution in [2.24, 2.45) is 0 Å². The zero-order valence-corrected chi connectivity index (χ0v) is 27.4. The molecule has 0 aromatic carbocycles. The molecule has 0 spiro atoms. The van der Waals surface area contributed by atoms with Gasteiger partial charge in [0.25, 0.3) is 0 Å². The predicted octanol–water partition coefficient (Wildman–Crippen LogP) is 7.74. The molecule has 43 heavy (non-hydrogen) atoms. The molecule has 0 aromatic heterocycles. The number of hydrogen-bond acceptors (Lipinski definition) is 9. The van der Waals surface area contributed by atoms with Gasteiger partial charge in [0.05, 0.1) is 19.4 Å². The van der Waals surface area contributed by atoms with E-state index >= 15 is 0 Å². The van der Waals surface area contributed by atoms with Crippen LogP contribution in [0.1, 0.15) is 162 Å². The van der Waals surface area contributed by atoms with Crippen LogP contribution in [0.2, 0.25) is 0 Å². The lowest BCUT2D eigenvalue weighted by Gasteiger charge is -2.18. The molecule has 250 valence electrons. The highest BCUT2D eigenvalue weighted by Crippen LogP contribution is 2.13. The Bertz CT molecular complexity index is 750. The highest BCUT2D eigenvalue weighted by molar-refractivity contribution is 5.79. The summed E-state index contributed by atoms with van der Waals surface area (Å²) in [5, 5.41) is 0. The van der Waals surface area contributed by atoms with Crippen LogP contribution in [0.25, 0.3) is 0 Å². The smallest absolute Gasteiger partial charge is 0.306 e. The van der Waals surface area contributed by atoms with Crippen molar-refractivity contribution < 1.29 is 42.9 Å². The van der Waals surface area contributed by atoms with Crippen LogP contribution in [-0.2, 0) is 42.9 Å². The van der Waals surface area contributed by atoms with E-state index in [0.717, 1.165) is 12.8 Å². The van der Waals surface area contributed by atoms with E-state index in [1.165, 1.54) is 70.6 Å². The van der Waals surface area contributed by atoms with Crippen molar-refractivity contribution in [2.45, 2.75) is 168 Å². The van der Waals surface area contributed by atoms with Crippen molar-refractivity contribution in [1.29, 1.82) is 0 Å². The van der Waals surface area contributed by atoms with Crippen molar-refractivity contribution >= 4 is 29.7 Å². The molecule has 0 N–H and O–H groups in total. The van der Waals surface area contributed by atoms with Gasteiger partial charge in [-0.3, -0.25) is 24.0 Å². The molecule has 0 saturated carbocycles. The Morgan fingerprint density at radius 2 is 0.837 bits per heavy atom. The Hall–Kier alpha value is -2.45. The van der Waals surface area contributed by atoms with Crippen molar-refractivity contribution in [3.05, 3.63) is 0 Å². The first-order valence-electron chi connectivity index (χ1n) is 17.0. The molecule has 0 aliphatic carbocycles. The van der Waals surface area contributed by atoms with Gasteiger partial charge in [-0.2, -0.15) is 0 Å². The van der Waals surface area contributed by atoms with Crippen molar-refractivity contribution in [2.75, 3.05) is 19.8 Å². The van der Waals surface area contributed by atoms with Gasteiger partial charge in [-0.15, -0.1) is 0 Å². The van der Waals surface area contributed by atoms with Gasteiger partial charge < -0.3 is 18.9 Å². The lowest BCUT2D eigenvalue weighted by molar-refractivity contribution is -0.167. The molecule has 0 aromatic rings. The number of ether oxygens (including phenoxy) is 4. The molecule has 9 heteroatoms. The fourth-order valence-electron chi connectivity index (χ4n) is 4.48. The van der Waals surface area contributed by atoms with Crippen molar-refractivity contribution in [1.82, 2.24) is 0 Å². The van der Waals surface area contributed by atoms with E-state index in [4.69, 9.17) is 18.9 Å². The third-order valence-electron chi connectivity index (χ3n) is 7.02. The van der Waals surface area contributed by atoms with Gasteiger partial charge in [0.1, 0.15) is 19.0 Å². The van der Waals surface area contributed by atoms with Crippen LogP contribution in [0.15, 0.2) is 0 Å². The Labute approximate surface area is 260 Å². The second-order valence-corrected chi connectivity index (χ2v) is 11.3. The standard InChI is InChI=1S/C34H60O9/c1-4-7-8-9-10-11-12-13-14-15-16-17-18-22-29(35)23-19-26-40-32(37)24-25-33(38)42-28-30(43-34(39)21-6-3)27-41-31(36)20-5-2/h30H,4-28H2,1-3H3/t30-/m0/s1. The van der Waals surface area contributed by atoms with E-state index in [-0.39, 0.29) is 51.3 Å². The van der Waals surface area contributed by atoms with Gasteiger partial charge in [0, 0.05) is 25.7 Å². The van der Waals surface area contributed by atoms with Crippen LogP contribution < -0.4 is 0 Å². The first kappa shape index (κ1) is 40.5. The number of esters is 4. The topological polar surface area (TPSA) is 122 Å². The second-order valence-electron chi connectivity index (χ2n) is 11.3. The summed E-state index contributed by atoms with van der Waals surface area (Å²) in [6.07, 6.45) is 18.4. The summed E-state index contributed by atoms with van der Waals surface area (Å²) in [4.78, 5) is 59.5.